The first-order valence-electron chi connectivity index (χ1n) is 15.3. The van der Waals surface area contributed by atoms with E-state index in [1.54, 1.807) is 31.2 Å². The number of nitrogens with one attached hydrogen (secondary N) is 2. The summed E-state index contributed by atoms with van der Waals surface area (Å²) in [6.45, 7) is 5.50. The molecule has 2 heterocycles. The van der Waals surface area contributed by atoms with Gasteiger partial charge in [0.25, 0.3) is 0 Å². The van der Waals surface area contributed by atoms with Crippen molar-refractivity contribution in [3.05, 3.63) is 95.5 Å². The number of hydrogen-bond acceptors (Lipinski definition) is 12. The fourth-order valence-corrected chi connectivity index (χ4v) is 4.98. The third-order valence-corrected chi connectivity index (χ3v) is 7.33. The summed E-state index contributed by atoms with van der Waals surface area (Å²) in [6, 6.07) is 15.8. The summed E-state index contributed by atoms with van der Waals surface area (Å²) in [5.74, 6) is 2.01. The van der Waals surface area contributed by atoms with Gasteiger partial charge in [0.2, 0.25) is 0 Å². The van der Waals surface area contributed by atoms with Gasteiger partial charge in [-0.1, -0.05) is 11.6 Å². The molecule has 4 aromatic carbocycles. The Morgan fingerprint density at radius 1 is 0.620 bits per heavy atom. The average molecular weight is 707 g/mol. The second-order valence-corrected chi connectivity index (χ2v) is 10.7. The Morgan fingerprint density at radius 2 is 1.08 bits per heavy atom. The number of aliphatic hydroxyl groups excluding tert-OH is 2. The van der Waals surface area contributed by atoms with Crippen LogP contribution >= 0.6 is 11.6 Å². The number of rotatable bonds is 12. The molecule has 260 valence electrons. The summed E-state index contributed by atoms with van der Waals surface area (Å²) in [6.07, 6.45) is 2.82. The van der Waals surface area contributed by atoms with Gasteiger partial charge in [-0.25, -0.2) is 28.7 Å². The standard InChI is InChI=1S/C19H20FN3O2.C16H13ClFN3O4/c1-4-24-17-9-14-16(10-18(17)25-5-2)21-11-22-19(14)23-13-6-7-15(20)12(3)8-13;17-11-3-9(1-2-12(11)18)21-16-10-4-14(24-7-22)15(25-8-23)5-13(10)19-6-20-16/h6-11H,4-5H2,1-3H3,(H,21,22,23);1-6,22-23H,7-8H2,(H,19,20,21). The largest absolute Gasteiger partial charge is 0.490 e. The summed E-state index contributed by atoms with van der Waals surface area (Å²) in [4.78, 5) is 16.9. The number of aromatic nitrogens is 4. The number of halogens is 3. The highest BCUT2D eigenvalue weighted by atomic mass is 35.5. The molecule has 0 aliphatic heterocycles. The molecule has 15 heteroatoms. The number of aliphatic hydroxyl groups is 2. The molecule has 0 aliphatic rings. The molecule has 0 fully saturated rings. The van der Waals surface area contributed by atoms with Gasteiger partial charge in [-0.3, -0.25) is 0 Å². The normalized spacial score (nSPS) is 10.7. The van der Waals surface area contributed by atoms with Gasteiger partial charge in [0.1, 0.15) is 35.9 Å². The fourth-order valence-electron chi connectivity index (χ4n) is 4.80. The second kappa shape index (κ2) is 16.7. The minimum Gasteiger partial charge on any atom is -0.490 e. The van der Waals surface area contributed by atoms with E-state index in [4.69, 9.17) is 40.8 Å². The fraction of sp³-hybridized carbons (Fsp3) is 0.200. The third-order valence-electron chi connectivity index (χ3n) is 7.04. The van der Waals surface area contributed by atoms with E-state index >= 15 is 0 Å². The maximum absolute atomic E-state index is 13.5. The Labute approximate surface area is 290 Å². The lowest BCUT2D eigenvalue weighted by Gasteiger charge is -2.14. The van der Waals surface area contributed by atoms with E-state index in [1.165, 1.54) is 36.9 Å². The Kier molecular flexibility index (Phi) is 11.9. The lowest BCUT2D eigenvalue weighted by molar-refractivity contribution is 0.0746. The Morgan fingerprint density at radius 3 is 1.56 bits per heavy atom. The van der Waals surface area contributed by atoms with Crippen LogP contribution < -0.4 is 29.6 Å². The molecule has 0 saturated carbocycles. The van der Waals surface area contributed by atoms with Crippen molar-refractivity contribution < 1.29 is 37.9 Å². The molecule has 0 atom stereocenters. The highest BCUT2D eigenvalue weighted by molar-refractivity contribution is 6.31. The average Bonchev–Trinajstić information content (AvgIpc) is 3.10. The van der Waals surface area contributed by atoms with Crippen LogP contribution in [0.3, 0.4) is 0 Å². The Balaban J connectivity index is 0.000000194. The van der Waals surface area contributed by atoms with Crippen molar-refractivity contribution in [2.24, 2.45) is 0 Å². The first kappa shape index (κ1) is 35.7. The van der Waals surface area contributed by atoms with Crippen LogP contribution in [0.15, 0.2) is 73.3 Å². The number of anilines is 4. The van der Waals surface area contributed by atoms with Crippen molar-refractivity contribution in [3.8, 4) is 23.0 Å². The van der Waals surface area contributed by atoms with Crippen molar-refractivity contribution in [1.82, 2.24) is 19.9 Å². The van der Waals surface area contributed by atoms with Gasteiger partial charge in [0, 0.05) is 34.3 Å². The number of nitrogens with zero attached hydrogens (tertiary/aromatic N) is 4. The SMILES string of the molecule is CCOc1cc2ncnc(Nc3ccc(F)c(C)c3)c2cc1OCC.OCOc1cc2ncnc(Nc3ccc(F)c(Cl)c3)c2cc1OCO. The van der Waals surface area contributed by atoms with Crippen molar-refractivity contribution >= 4 is 56.4 Å². The molecule has 0 saturated heterocycles. The summed E-state index contributed by atoms with van der Waals surface area (Å²) in [5.41, 5.74) is 3.11. The molecular formula is C35H33ClF2N6O6. The smallest absolute Gasteiger partial charge is 0.186 e. The summed E-state index contributed by atoms with van der Waals surface area (Å²) >= 11 is 5.78. The van der Waals surface area contributed by atoms with Gasteiger partial charge in [0.15, 0.2) is 36.6 Å². The van der Waals surface area contributed by atoms with E-state index in [-0.39, 0.29) is 22.3 Å². The summed E-state index contributed by atoms with van der Waals surface area (Å²) in [7, 11) is 0. The molecule has 0 spiro atoms. The Hall–Kier alpha value is -5.57. The first-order chi connectivity index (χ1) is 24.2. The van der Waals surface area contributed by atoms with Crippen LogP contribution in [0.4, 0.5) is 31.8 Å². The molecule has 2 aromatic heterocycles. The van der Waals surface area contributed by atoms with Crippen molar-refractivity contribution in [2.45, 2.75) is 20.8 Å². The zero-order chi connectivity index (χ0) is 35.6. The van der Waals surface area contributed by atoms with E-state index in [2.05, 4.69) is 30.6 Å². The minimum atomic E-state index is -0.572. The van der Waals surface area contributed by atoms with Gasteiger partial charge in [-0.05, 0) is 74.9 Å². The highest BCUT2D eigenvalue weighted by Gasteiger charge is 2.14. The third kappa shape index (κ3) is 8.52. The number of ether oxygens (including phenoxy) is 4. The molecule has 6 rings (SSSR count). The molecule has 0 unspecified atom stereocenters. The van der Waals surface area contributed by atoms with Gasteiger partial charge >= 0.3 is 0 Å². The lowest BCUT2D eigenvalue weighted by Crippen LogP contribution is -2.02. The van der Waals surface area contributed by atoms with E-state index in [0.717, 1.165) is 16.6 Å². The van der Waals surface area contributed by atoms with Gasteiger partial charge in [-0.15, -0.1) is 0 Å². The lowest BCUT2D eigenvalue weighted by atomic mass is 10.2. The Bertz CT molecular complexity index is 1960. The number of benzene rings is 4. The van der Waals surface area contributed by atoms with Crippen molar-refractivity contribution in [1.29, 1.82) is 0 Å². The predicted molar refractivity (Wildman–Crippen MR) is 186 cm³/mol. The van der Waals surface area contributed by atoms with Crippen LogP contribution in [0.1, 0.15) is 19.4 Å². The number of aryl methyl sites for hydroxylation is 1. The number of hydrogen-bond donors (Lipinski definition) is 4. The van der Waals surface area contributed by atoms with Crippen molar-refractivity contribution in [3.63, 3.8) is 0 Å². The molecule has 4 N–H and O–H groups in total. The van der Waals surface area contributed by atoms with Crippen LogP contribution in [0, 0.1) is 18.6 Å². The van der Waals surface area contributed by atoms with Gasteiger partial charge in [-0.2, -0.15) is 0 Å². The molecule has 0 aliphatic carbocycles. The number of fused-ring (bicyclic) bond motifs is 2. The van der Waals surface area contributed by atoms with Gasteiger partial charge < -0.3 is 39.8 Å². The predicted octanol–water partition coefficient (Wildman–Crippen LogP) is 7.44. The molecule has 12 nitrogen and oxygen atoms in total. The van der Waals surface area contributed by atoms with E-state index < -0.39 is 19.4 Å². The quantitative estimate of drug-likeness (QED) is 0.0936. The van der Waals surface area contributed by atoms with E-state index in [9.17, 15) is 8.78 Å². The minimum absolute atomic E-state index is 0.0219. The first-order valence-corrected chi connectivity index (χ1v) is 15.7. The topological polar surface area (TPSA) is 153 Å². The van der Waals surface area contributed by atoms with Crippen LogP contribution in [0.5, 0.6) is 23.0 Å². The van der Waals surface area contributed by atoms with Crippen molar-refractivity contribution in [2.75, 3.05) is 37.4 Å². The van der Waals surface area contributed by atoms with Crippen LogP contribution in [0.2, 0.25) is 5.02 Å². The summed E-state index contributed by atoms with van der Waals surface area (Å²) in [5, 5.41) is 25.6. The van der Waals surface area contributed by atoms with E-state index in [0.29, 0.717) is 58.5 Å². The molecule has 0 bridgehead atoms. The zero-order valence-electron chi connectivity index (χ0n) is 27.2. The monoisotopic (exact) mass is 706 g/mol. The molecule has 0 radical (unpaired) electrons. The summed E-state index contributed by atoms with van der Waals surface area (Å²) < 4.78 is 48.2. The van der Waals surface area contributed by atoms with Crippen LogP contribution in [0.25, 0.3) is 21.8 Å². The maximum atomic E-state index is 13.5. The second-order valence-electron chi connectivity index (χ2n) is 10.3. The molecule has 6 aromatic rings. The van der Waals surface area contributed by atoms with E-state index in [1.807, 2.05) is 26.0 Å². The zero-order valence-corrected chi connectivity index (χ0v) is 28.0. The maximum Gasteiger partial charge on any atom is 0.186 e. The molecule has 50 heavy (non-hydrogen) atoms. The van der Waals surface area contributed by atoms with Crippen LogP contribution in [-0.2, 0) is 0 Å². The van der Waals surface area contributed by atoms with Gasteiger partial charge in [0.05, 0.1) is 29.3 Å². The highest BCUT2D eigenvalue weighted by Crippen LogP contribution is 2.36. The molecule has 0 amide bonds. The van der Waals surface area contributed by atoms with Crippen LogP contribution in [-0.4, -0.2) is 56.9 Å². The molecular weight excluding hydrogens is 674 g/mol.